The molecule has 0 aromatic carbocycles. The number of hydrogen-bond acceptors (Lipinski definition) is 5. The third-order valence-corrected chi connectivity index (χ3v) is 6.29. The average Bonchev–Trinajstić information content (AvgIpc) is 2.96. The Morgan fingerprint density at radius 2 is 2.00 bits per heavy atom. The van der Waals surface area contributed by atoms with Crippen LogP contribution < -0.4 is 21.9 Å². The summed E-state index contributed by atoms with van der Waals surface area (Å²) in [4.78, 5) is 41.9. The van der Waals surface area contributed by atoms with Crippen molar-refractivity contribution in [1.82, 2.24) is 14.9 Å². The molecule has 2 aliphatic heterocycles. The Labute approximate surface area is 161 Å². The summed E-state index contributed by atoms with van der Waals surface area (Å²) in [5.74, 6) is -0.791. The van der Waals surface area contributed by atoms with Gasteiger partial charge in [0.15, 0.2) is 0 Å². The SMILES string of the molecule is Cc1c2c(c(=O)n3c1C(=O)NC31CCCCC1)Nc1cc(C(N)=O)ncc1C2. The zero-order valence-electron chi connectivity index (χ0n) is 15.6. The number of nitrogens with zero attached hydrogens (tertiary/aromatic N) is 2. The fourth-order valence-electron chi connectivity index (χ4n) is 4.88. The molecule has 1 aliphatic carbocycles. The Morgan fingerprint density at radius 3 is 2.71 bits per heavy atom. The number of carbonyl (C=O) groups excluding carboxylic acids is 2. The molecule has 3 aliphatic rings. The van der Waals surface area contributed by atoms with Crippen molar-refractivity contribution in [2.75, 3.05) is 5.32 Å². The third kappa shape index (κ3) is 2.17. The minimum Gasteiger partial charge on any atom is -0.364 e. The molecule has 2 aromatic heterocycles. The van der Waals surface area contributed by atoms with E-state index < -0.39 is 11.6 Å². The first kappa shape index (κ1) is 17.0. The highest BCUT2D eigenvalue weighted by Crippen LogP contribution is 2.40. The van der Waals surface area contributed by atoms with Gasteiger partial charge < -0.3 is 16.4 Å². The first-order valence-corrected chi connectivity index (χ1v) is 9.58. The van der Waals surface area contributed by atoms with Crippen LogP contribution in [0.25, 0.3) is 0 Å². The average molecular weight is 379 g/mol. The normalized spacial score (nSPS) is 18.7. The number of nitrogens with one attached hydrogen (secondary N) is 2. The summed E-state index contributed by atoms with van der Waals surface area (Å²) < 4.78 is 1.68. The summed E-state index contributed by atoms with van der Waals surface area (Å²) in [6.45, 7) is 1.89. The lowest BCUT2D eigenvalue weighted by Gasteiger charge is -2.36. The number of rotatable bonds is 1. The molecule has 2 aromatic rings. The molecular weight excluding hydrogens is 358 g/mol. The van der Waals surface area contributed by atoms with E-state index in [-0.39, 0.29) is 17.2 Å². The van der Waals surface area contributed by atoms with Crippen molar-refractivity contribution < 1.29 is 9.59 Å². The lowest BCUT2D eigenvalue weighted by Crippen LogP contribution is -2.49. The maximum Gasteiger partial charge on any atom is 0.277 e. The smallest absolute Gasteiger partial charge is 0.277 e. The third-order valence-electron chi connectivity index (χ3n) is 6.29. The number of fused-ring (bicyclic) bond motifs is 4. The first-order valence-electron chi connectivity index (χ1n) is 9.58. The van der Waals surface area contributed by atoms with Crippen molar-refractivity contribution in [3.05, 3.63) is 50.7 Å². The van der Waals surface area contributed by atoms with Crippen LogP contribution in [0.5, 0.6) is 0 Å². The summed E-state index contributed by atoms with van der Waals surface area (Å²) in [5.41, 5.74) is 8.73. The van der Waals surface area contributed by atoms with Gasteiger partial charge in [-0.1, -0.05) is 6.42 Å². The first-order chi connectivity index (χ1) is 13.4. The lowest BCUT2D eigenvalue weighted by atomic mass is 9.88. The fraction of sp³-hybridized carbons (Fsp3) is 0.400. The van der Waals surface area contributed by atoms with Gasteiger partial charge in [0.05, 0.1) is 0 Å². The molecule has 0 saturated heterocycles. The highest BCUT2D eigenvalue weighted by atomic mass is 16.2. The van der Waals surface area contributed by atoms with E-state index in [2.05, 4.69) is 15.6 Å². The van der Waals surface area contributed by atoms with Crippen molar-refractivity contribution in [1.29, 1.82) is 0 Å². The number of pyridine rings is 2. The second kappa shape index (κ2) is 5.67. The van der Waals surface area contributed by atoms with Crippen LogP contribution in [-0.4, -0.2) is 21.4 Å². The van der Waals surface area contributed by atoms with Gasteiger partial charge in [-0.2, -0.15) is 0 Å². The van der Waals surface area contributed by atoms with Crippen molar-refractivity contribution in [2.45, 2.75) is 51.1 Å². The van der Waals surface area contributed by atoms with Gasteiger partial charge in [-0.25, -0.2) is 0 Å². The molecule has 0 bridgehead atoms. The van der Waals surface area contributed by atoms with Crippen LogP contribution in [0.1, 0.15) is 69.8 Å². The summed E-state index contributed by atoms with van der Waals surface area (Å²) in [6.07, 6.45) is 6.65. The highest BCUT2D eigenvalue weighted by molar-refractivity contribution is 5.98. The van der Waals surface area contributed by atoms with Crippen LogP contribution in [0.2, 0.25) is 0 Å². The molecule has 2 amide bonds. The van der Waals surface area contributed by atoms with Gasteiger partial charge >= 0.3 is 0 Å². The number of nitrogens with two attached hydrogens (primary N) is 1. The molecule has 0 atom stereocenters. The Balaban J connectivity index is 1.71. The van der Waals surface area contributed by atoms with Crippen LogP contribution >= 0.6 is 0 Å². The molecule has 8 heteroatoms. The molecular formula is C20H21N5O3. The van der Waals surface area contributed by atoms with Crippen molar-refractivity contribution >= 4 is 23.2 Å². The molecule has 4 N–H and O–H groups in total. The van der Waals surface area contributed by atoms with E-state index in [4.69, 9.17) is 5.73 Å². The van der Waals surface area contributed by atoms with E-state index in [1.165, 1.54) is 0 Å². The minimum atomic E-state index is -0.625. The molecule has 0 unspecified atom stereocenters. The molecule has 144 valence electrons. The highest BCUT2D eigenvalue weighted by Gasteiger charge is 2.46. The monoisotopic (exact) mass is 379 g/mol. The Bertz CT molecular complexity index is 1110. The summed E-state index contributed by atoms with van der Waals surface area (Å²) in [5, 5.41) is 6.30. The quantitative estimate of drug-likeness (QED) is 0.594. The van der Waals surface area contributed by atoms with E-state index in [9.17, 15) is 14.4 Å². The predicted molar refractivity (Wildman–Crippen MR) is 103 cm³/mol. The molecule has 1 fully saturated rings. The number of aromatic nitrogens is 2. The van der Waals surface area contributed by atoms with Crippen LogP contribution in [0, 0.1) is 6.92 Å². The van der Waals surface area contributed by atoms with Gasteiger partial charge in [0.2, 0.25) is 0 Å². The number of carbonyl (C=O) groups is 2. The van der Waals surface area contributed by atoms with E-state index in [0.29, 0.717) is 23.5 Å². The van der Waals surface area contributed by atoms with Crippen molar-refractivity contribution in [3.63, 3.8) is 0 Å². The van der Waals surface area contributed by atoms with Gasteiger partial charge in [-0.05, 0) is 55.4 Å². The van der Waals surface area contributed by atoms with Crippen LogP contribution in [0.15, 0.2) is 17.1 Å². The second-order valence-corrected chi connectivity index (χ2v) is 7.91. The summed E-state index contributed by atoms with van der Waals surface area (Å²) in [6, 6.07) is 1.58. The molecule has 1 saturated carbocycles. The van der Waals surface area contributed by atoms with Crippen LogP contribution in [0.3, 0.4) is 0 Å². The fourth-order valence-corrected chi connectivity index (χ4v) is 4.88. The van der Waals surface area contributed by atoms with E-state index in [0.717, 1.165) is 48.8 Å². The molecule has 1 spiro atoms. The van der Waals surface area contributed by atoms with Gasteiger partial charge in [0.1, 0.15) is 22.7 Å². The largest absolute Gasteiger partial charge is 0.364 e. The standard InChI is InChI=1S/C20H21N5O3/c1-10-12-7-11-9-22-14(17(21)26)8-13(11)23-15(12)19(28)25-16(10)18(27)24-20(25)5-3-2-4-6-20/h8-9,23H,2-7H2,1H3,(H2,21,26)(H,24,27). The number of anilines is 2. The predicted octanol–water partition coefficient (Wildman–Crippen LogP) is 1.66. The van der Waals surface area contributed by atoms with Gasteiger partial charge in [-0.3, -0.25) is 23.9 Å². The van der Waals surface area contributed by atoms with E-state index in [1.807, 2.05) is 6.92 Å². The Hall–Kier alpha value is -3.16. The maximum atomic E-state index is 13.5. The van der Waals surface area contributed by atoms with Crippen molar-refractivity contribution in [3.8, 4) is 0 Å². The number of amides is 2. The van der Waals surface area contributed by atoms with Gasteiger partial charge in [0.25, 0.3) is 17.4 Å². The van der Waals surface area contributed by atoms with E-state index in [1.54, 1.807) is 16.8 Å². The molecule has 28 heavy (non-hydrogen) atoms. The molecule has 5 rings (SSSR count). The van der Waals surface area contributed by atoms with Crippen LogP contribution in [-0.2, 0) is 12.1 Å². The lowest BCUT2D eigenvalue weighted by molar-refractivity contribution is 0.0876. The van der Waals surface area contributed by atoms with Crippen LogP contribution in [0.4, 0.5) is 11.4 Å². The van der Waals surface area contributed by atoms with E-state index >= 15 is 0 Å². The summed E-state index contributed by atoms with van der Waals surface area (Å²) in [7, 11) is 0. The zero-order chi connectivity index (χ0) is 19.6. The maximum absolute atomic E-state index is 13.5. The Morgan fingerprint density at radius 1 is 1.25 bits per heavy atom. The minimum absolute atomic E-state index is 0.147. The molecule has 8 nitrogen and oxygen atoms in total. The van der Waals surface area contributed by atoms with Crippen molar-refractivity contribution in [2.24, 2.45) is 5.73 Å². The summed E-state index contributed by atoms with van der Waals surface area (Å²) >= 11 is 0. The Kier molecular flexibility index (Phi) is 3.44. The van der Waals surface area contributed by atoms with Gasteiger partial charge in [0, 0.05) is 18.3 Å². The number of hydrogen-bond donors (Lipinski definition) is 3. The van der Waals surface area contributed by atoms with Gasteiger partial charge in [-0.15, -0.1) is 0 Å². The molecule has 4 heterocycles. The number of primary amides is 1. The zero-order valence-corrected chi connectivity index (χ0v) is 15.6. The topological polar surface area (TPSA) is 119 Å². The second-order valence-electron chi connectivity index (χ2n) is 7.91. The molecule has 0 radical (unpaired) electrons.